The number of hydrogen-bond donors (Lipinski definition) is 1. The summed E-state index contributed by atoms with van der Waals surface area (Å²) in [5.41, 5.74) is 0. The minimum atomic E-state index is -2.82. The molecule has 5 nitrogen and oxygen atoms in total. The number of sulfone groups is 1. The molecule has 2 aliphatic rings. The van der Waals surface area contributed by atoms with Gasteiger partial charge >= 0.3 is 0 Å². The lowest BCUT2D eigenvalue weighted by Gasteiger charge is -2.07. The Morgan fingerprint density at radius 3 is 2.75 bits per heavy atom. The molecule has 7 heteroatoms. The third kappa shape index (κ3) is 2.20. The van der Waals surface area contributed by atoms with Crippen molar-refractivity contribution in [2.45, 2.75) is 31.2 Å². The Morgan fingerprint density at radius 1 is 1.31 bits per heavy atom. The molecule has 0 bridgehead atoms. The van der Waals surface area contributed by atoms with Crippen LogP contribution in [-0.4, -0.2) is 35.3 Å². The predicted molar refractivity (Wildman–Crippen MR) is 62.6 cm³/mol. The van der Waals surface area contributed by atoms with Gasteiger partial charge in [-0.3, -0.25) is 0 Å². The van der Waals surface area contributed by atoms with E-state index in [0.717, 1.165) is 11.0 Å². The zero-order valence-electron chi connectivity index (χ0n) is 8.72. The highest BCUT2D eigenvalue weighted by atomic mass is 32.2. The quantitative estimate of drug-likeness (QED) is 0.877. The number of anilines is 1. The van der Waals surface area contributed by atoms with Crippen molar-refractivity contribution in [2.24, 2.45) is 0 Å². The first-order valence-corrected chi connectivity index (χ1v) is 8.02. The Balaban J connectivity index is 1.65. The largest absolute Gasteiger partial charge is 0.356 e. The van der Waals surface area contributed by atoms with Gasteiger partial charge in [0.25, 0.3) is 0 Å². The van der Waals surface area contributed by atoms with Crippen LogP contribution in [0, 0.1) is 0 Å². The Morgan fingerprint density at radius 2 is 2.12 bits per heavy atom. The molecule has 1 atom stereocenters. The summed E-state index contributed by atoms with van der Waals surface area (Å²) in [6, 6.07) is 0.0185. The predicted octanol–water partition coefficient (Wildman–Crippen LogP) is 1.01. The number of nitrogens with one attached hydrogen (secondary N) is 1. The Hall–Kier alpha value is -0.690. The molecule has 1 unspecified atom stereocenters. The molecular formula is C9H13N3O2S2. The van der Waals surface area contributed by atoms with E-state index in [1.807, 2.05) is 0 Å². The third-order valence-electron chi connectivity index (χ3n) is 2.94. The molecule has 16 heavy (non-hydrogen) atoms. The topological polar surface area (TPSA) is 72.0 Å². The van der Waals surface area contributed by atoms with Crippen molar-refractivity contribution in [3.8, 4) is 0 Å². The van der Waals surface area contributed by atoms with E-state index in [1.54, 1.807) is 0 Å². The van der Waals surface area contributed by atoms with E-state index in [2.05, 4.69) is 14.7 Å². The van der Waals surface area contributed by atoms with Crippen molar-refractivity contribution >= 4 is 26.5 Å². The number of aromatic nitrogens is 2. The summed E-state index contributed by atoms with van der Waals surface area (Å²) in [6.07, 6.45) is 3.06. The average molecular weight is 259 g/mol. The van der Waals surface area contributed by atoms with E-state index >= 15 is 0 Å². The second-order valence-corrected chi connectivity index (χ2v) is 7.46. The van der Waals surface area contributed by atoms with E-state index in [-0.39, 0.29) is 11.8 Å². The molecule has 0 aromatic carbocycles. The SMILES string of the molecule is O=S1(=O)CCC(Nc2nc(C3CC3)ns2)C1. The minimum absolute atomic E-state index is 0.0185. The van der Waals surface area contributed by atoms with Crippen molar-refractivity contribution in [3.63, 3.8) is 0 Å². The van der Waals surface area contributed by atoms with Crippen molar-refractivity contribution in [3.05, 3.63) is 5.82 Å². The van der Waals surface area contributed by atoms with Gasteiger partial charge in [0.1, 0.15) is 5.82 Å². The molecule has 1 saturated heterocycles. The summed E-state index contributed by atoms with van der Waals surface area (Å²) in [6.45, 7) is 0. The van der Waals surface area contributed by atoms with E-state index in [0.29, 0.717) is 18.1 Å². The summed E-state index contributed by atoms with van der Waals surface area (Å²) in [5.74, 6) is 2.00. The summed E-state index contributed by atoms with van der Waals surface area (Å²) in [4.78, 5) is 4.38. The fourth-order valence-electron chi connectivity index (χ4n) is 1.88. The lowest BCUT2D eigenvalue weighted by molar-refractivity contribution is 0.602. The highest BCUT2D eigenvalue weighted by molar-refractivity contribution is 7.91. The molecule has 3 rings (SSSR count). The lowest BCUT2D eigenvalue weighted by atomic mass is 10.3. The van der Waals surface area contributed by atoms with Crippen molar-refractivity contribution < 1.29 is 8.42 Å². The molecule has 1 aromatic rings. The van der Waals surface area contributed by atoms with E-state index in [4.69, 9.17) is 0 Å². The van der Waals surface area contributed by atoms with E-state index in [1.165, 1.54) is 24.4 Å². The second kappa shape index (κ2) is 3.66. The maximum atomic E-state index is 11.3. The molecule has 2 heterocycles. The van der Waals surface area contributed by atoms with Crippen LogP contribution in [0.4, 0.5) is 5.13 Å². The smallest absolute Gasteiger partial charge is 0.202 e. The van der Waals surface area contributed by atoms with Crippen LogP contribution in [0.15, 0.2) is 0 Å². The van der Waals surface area contributed by atoms with Gasteiger partial charge in [0.2, 0.25) is 5.13 Å². The zero-order chi connectivity index (χ0) is 11.2. The standard InChI is InChI=1S/C9H13N3O2S2/c13-16(14)4-3-7(5-16)10-9-11-8(12-15-9)6-1-2-6/h6-7H,1-5H2,(H,10,11,12). The van der Waals surface area contributed by atoms with Crippen LogP contribution in [0.25, 0.3) is 0 Å². The third-order valence-corrected chi connectivity index (χ3v) is 5.37. The molecule has 0 radical (unpaired) electrons. The first-order chi connectivity index (χ1) is 7.62. The second-order valence-electron chi connectivity index (χ2n) is 4.48. The molecule has 1 aliphatic carbocycles. The fraction of sp³-hybridized carbons (Fsp3) is 0.778. The van der Waals surface area contributed by atoms with Gasteiger partial charge in [-0.25, -0.2) is 13.4 Å². The van der Waals surface area contributed by atoms with Crippen molar-refractivity contribution in [1.29, 1.82) is 0 Å². The number of hydrogen-bond acceptors (Lipinski definition) is 6. The van der Waals surface area contributed by atoms with Gasteiger partial charge in [0.05, 0.1) is 11.5 Å². The normalized spacial score (nSPS) is 28.1. The van der Waals surface area contributed by atoms with E-state index < -0.39 is 9.84 Å². The number of nitrogens with zero attached hydrogens (tertiary/aromatic N) is 2. The molecular weight excluding hydrogens is 246 g/mol. The fourth-order valence-corrected chi connectivity index (χ4v) is 4.28. The van der Waals surface area contributed by atoms with Crippen LogP contribution < -0.4 is 5.32 Å². The van der Waals surface area contributed by atoms with Gasteiger partial charge in [-0.1, -0.05) is 0 Å². The molecule has 1 N–H and O–H groups in total. The molecule has 0 spiro atoms. The Kier molecular flexibility index (Phi) is 2.39. The first kappa shape index (κ1) is 10.5. The van der Waals surface area contributed by atoms with Crippen LogP contribution >= 0.6 is 11.5 Å². The van der Waals surface area contributed by atoms with Gasteiger partial charge in [-0.15, -0.1) is 0 Å². The van der Waals surface area contributed by atoms with Gasteiger partial charge in [0.15, 0.2) is 9.84 Å². The van der Waals surface area contributed by atoms with Crippen LogP contribution in [-0.2, 0) is 9.84 Å². The zero-order valence-corrected chi connectivity index (χ0v) is 10.4. The highest BCUT2D eigenvalue weighted by Gasteiger charge is 2.30. The first-order valence-electron chi connectivity index (χ1n) is 5.43. The summed E-state index contributed by atoms with van der Waals surface area (Å²) < 4.78 is 26.8. The van der Waals surface area contributed by atoms with Crippen molar-refractivity contribution in [2.75, 3.05) is 16.8 Å². The maximum Gasteiger partial charge on any atom is 0.202 e. The van der Waals surface area contributed by atoms with Crippen molar-refractivity contribution in [1.82, 2.24) is 9.36 Å². The summed E-state index contributed by atoms with van der Waals surface area (Å²) >= 11 is 1.34. The van der Waals surface area contributed by atoms with Gasteiger partial charge in [0, 0.05) is 23.5 Å². The van der Waals surface area contributed by atoms with Gasteiger partial charge in [-0.2, -0.15) is 4.37 Å². The number of rotatable bonds is 3. The highest BCUT2D eigenvalue weighted by Crippen LogP contribution is 2.39. The molecule has 1 aromatic heterocycles. The van der Waals surface area contributed by atoms with E-state index in [9.17, 15) is 8.42 Å². The molecule has 0 amide bonds. The maximum absolute atomic E-state index is 11.3. The molecule has 88 valence electrons. The van der Waals surface area contributed by atoms with Crippen LogP contribution in [0.3, 0.4) is 0 Å². The summed E-state index contributed by atoms with van der Waals surface area (Å²) in [5, 5.41) is 3.93. The van der Waals surface area contributed by atoms with Gasteiger partial charge < -0.3 is 5.32 Å². The van der Waals surface area contributed by atoms with Crippen LogP contribution in [0.1, 0.15) is 31.0 Å². The molecule has 1 saturated carbocycles. The van der Waals surface area contributed by atoms with Crippen LogP contribution in [0.2, 0.25) is 0 Å². The molecule has 1 aliphatic heterocycles. The average Bonchev–Trinajstić information content (AvgIpc) is 2.88. The minimum Gasteiger partial charge on any atom is -0.356 e. The summed E-state index contributed by atoms with van der Waals surface area (Å²) in [7, 11) is -2.82. The Bertz CT molecular complexity index is 493. The Labute approximate surface area is 98.4 Å². The molecule has 2 fully saturated rings. The monoisotopic (exact) mass is 259 g/mol. The van der Waals surface area contributed by atoms with Gasteiger partial charge in [-0.05, 0) is 19.3 Å². The van der Waals surface area contributed by atoms with Crippen LogP contribution in [0.5, 0.6) is 0 Å². The lowest BCUT2D eigenvalue weighted by Crippen LogP contribution is -2.20.